The van der Waals surface area contributed by atoms with Crippen LogP contribution in [-0.2, 0) is 19.1 Å². The van der Waals surface area contributed by atoms with E-state index in [2.05, 4.69) is 0 Å². The lowest BCUT2D eigenvalue weighted by Crippen LogP contribution is -2.40. The Bertz CT molecular complexity index is 656. The normalized spacial score (nSPS) is 35.0. The first kappa shape index (κ1) is 13.5. The molecule has 1 amide bonds. The van der Waals surface area contributed by atoms with Crippen LogP contribution in [0, 0.1) is 11.8 Å². The standard InChI is InChI=1S/C17H17NO4/c1-2-21-16(20)13-12-8-9-17(22-12)10-18(15(19)14(13)17)11-6-4-3-5-7-11/h3-9,12-14H,2,10H2,1H3/t12-,13+,14+,17+/m1/s1. The second kappa shape index (κ2) is 4.68. The molecule has 3 aliphatic rings. The van der Waals surface area contributed by atoms with E-state index in [-0.39, 0.29) is 18.0 Å². The molecule has 3 aliphatic heterocycles. The number of hydrogen-bond donors (Lipinski definition) is 0. The average Bonchev–Trinajstić information content (AvgIpc) is 3.17. The summed E-state index contributed by atoms with van der Waals surface area (Å²) in [7, 11) is 0. The lowest BCUT2D eigenvalue weighted by molar-refractivity contribution is -0.151. The summed E-state index contributed by atoms with van der Waals surface area (Å²) >= 11 is 0. The summed E-state index contributed by atoms with van der Waals surface area (Å²) in [5.41, 5.74) is 0.147. The number of rotatable bonds is 3. The Morgan fingerprint density at radius 3 is 2.91 bits per heavy atom. The molecule has 4 rings (SSSR count). The fourth-order valence-corrected chi connectivity index (χ4v) is 3.83. The monoisotopic (exact) mass is 299 g/mol. The highest BCUT2D eigenvalue weighted by Crippen LogP contribution is 2.52. The number of amides is 1. The molecular formula is C17H17NO4. The molecule has 0 saturated carbocycles. The Morgan fingerprint density at radius 1 is 1.41 bits per heavy atom. The van der Waals surface area contributed by atoms with Crippen molar-refractivity contribution in [3.8, 4) is 0 Å². The van der Waals surface area contributed by atoms with Crippen LogP contribution in [0.1, 0.15) is 6.92 Å². The number of nitrogens with zero attached hydrogens (tertiary/aromatic N) is 1. The molecule has 1 aromatic rings. The van der Waals surface area contributed by atoms with Gasteiger partial charge < -0.3 is 14.4 Å². The first-order chi connectivity index (χ1) is 10.7. The molecular weight excluding hydrogens is 282 g/mol. The van der Waals surface area contributed by atoms with Gasteiger partial charge in [0, 0.05) is 5.69 Å². The molecule has 114 valence electrons. The lowest BCUT2D eigenvalue weighted by atomic mass is 9.77. The fraction of sp³-hybridized carbons (Fsp3) is 0.412. The van der Waals surface area contributed by atoms with Gasteiger partial charge >= 0.3 is 5.97 Å². The van der Waals surface area contributed by atoms with E-state index < -0.39 is 17.4 Å². The number of benzene rings is 1. The third kappa shape index (κ3) is 1.69. The number of hydrogen-bond acceptors (Lipinski definition) is 4. The predicted octanol–water partition coefficient (Wildman–Crippen LogP) is 1.54. The highest BCUT2D eigenvalue weighted by atomic mass is 16.6. The molecule has 5 heteroatoms. The number of fused-ring (bicyclic) bond motifs is 1. The zero-order valence-electron chi connectivity index (χ0n) is 12.3. The Morgan fingerprint density at radius 2 is 2.18 bits per heavy atom. The fourth-order valence-electron chi connectivity index (χ4n) is 3.83. The van der Waals surface area contributed by atoms with E-state index in [1.807, 2.05) is 42.5 Å². The van der Waals surface area contributed by atoms with Crippen LogP contribution >= 0.6 is 0 Å². The molecule has 4 atom stereocenters. The minimum atomic E-state index is -0.685. The van der Waals surface area contributed by atoms with E-state index in [9.17, 15) is 9.59 Å². The molecule has 22 heavy (non-hydrogen) atoms. The summed E-state index contributed by atoms with van der Waals surface area (Å²) in [6.45, 7) is 2.52. The summed E-state index contributed by atoms with van der Waals surface area (Å²) in [5.74, 6) is -1.42. The Kier molecular flexibility index (Phi) is 2.87. The van der Waals surface area contributed by atoms with Gasteiger partial charge in [0.05, 0.1) is 25.2 Å². The van der Waals surface area contributed by atoms with Crippen molar-refractivity contribution < 1.29 is 19.1 Å². The van der Waals surface area contributed by atoms with E-state index in [0.29, 0.717) is 13.2 Å². The third-order valence-electron chi connectivity index (χ3n) is 4.73. The Labute approximate surface area is 128 Å². The van der Waals surface area contributed by atoms with Gasteiger partial charge in [0.1, 0.15) is 11.5 Å². The van der Waals surface area contributed by atoms with Gasteiger partial charge in [0.2, 0.25) is 5.91 Å². The first-order valence-electron chi connectivity index (χ1n) is 7.56. The smallest absolute Gasteiger partial charge is 0.312 e. The molecule has 0 aromatic heterocycles. The molecule has 1 spiro atoms. The van der Waals surface area contributed by atoms with Crippen molar-refractivity contribution in [3.63, 3.8) is 0 Å². The molecule has 0 aliphatic carbocycles. The van der Waals surface area contributed by atoms with Gasteiger partial charge in [-0.15, -0.1) is 0 Å². The number of anilines is 1. The predicted molar refractivity (Wildman–Crippen MR) is 79.2 cm³/mol. The highest BCUT2D eigenvalue weighted by molar-refractivity contribution is 6.02. The molecule has 2 bridgehead atoms. The largest absolute Gasteiger partial charge is 0.466 e. The number of carbonyl (C=O) groups excluding carboxylic acids is 2. The Balaban J connectivity index is 1.69. The average molecular weight is 299 g/mol. The topological polar surface area (TPSA) is 55.8 Å². The summed E-state index contributed by atoms with van der Waals surface area (Å²) < 4.78 is 11.2. The minimum absolute atomic E-state index is 0.0592. The lowest BCUT2D eigenvalue weighted by Gasteiger charge is -2.22. The number of esters is 1. The molecule has 1 aromatic carbocycles. The van der Waals surface area contributed by atoms with Crippen molar-refractivity contribution in [2.45, 2.75) is 18.6 Å². The first-order valence-corrected chi connectivity index (χ1v) is 7.56. The van der Waals surface area contributed by atoms with Crippen molar-refractivity contribution in [1.82, 2.24) is 0 Å². The van der Waals surface area contributed by atoms with E-state index in [4.69, 9.17) is 9.47 Å². The summed E-state index contributed by atoms with van der Waals surface area (Å²) in [6, 6.07) is 9.49. The molecule has 2 saturated heterocycles. The summed E-state index contributed by atoms with van der Waals surface area (Å²) in [5, 5.41) is 0. The van der Waals surface area contributed by atoms with Gasteiger partial charge in [-0.3, -0.25) is 9.59 Å². The molecule has 5 nitrogen and oxygen atoms in total. The van der Waals surface area contributed by atoms with Crippen molar-refractivity contribution in [3.05, 3.63) is 42.5 Å². The number of ether oxygens (including phenoxy) is 2. The van der Waals surface area contributed by atoms with Crippen molar-refractivity contribution in [1.29, 1.82) is 0 Å². The van der Waals surface area contributed by atoms with Crippen molar-refractivity contribution >= 4 is 17.6 Å². The van der Waals surface area contributed by atoms with Gasteiger partial charge in [-0.1, -0.05) is 30.4 Å². The molecule has 0 N–H and O–H groups in total. The number of carbonyl (C=O) groups is 2. The van der Waals surface area contributed by atoms with E-state index in [1.54, 1.807) is 11.8 Å². The molecule has 2 fully saturated rings. The van der Waals surface area contributed by atoms with Crippen LogP contribution in [-0.4, -0.2) is 36.7 Å². The van der Waals surface area contributed by atoms with Crippen LogP contribution in [0.5, 0.6) is 0 Å². The highest BCUT2D eigenvalue weighted by Gasteiger charge is 2.67. The summed E-state index contributed by atoms with van der Waals surface area (Å²) in [6.07, 6.45) is 3.49. The van der Waals surface area contributed by atoms with Gasteiger partial charge in [-0.05, 0) is 19.1 Å². The SMILES string of the molecule is CCOC(=O)[C@@H]1[C@H]2C(=O)N(c3ccccc3)C[C@@]23C=C[C@H]1O3. The molecule has 3 heterocycles. The second-order valence-corrected chi connectivity index (χ2v) is 5.91. The van der Waals surface area contributed by atoms with Crippen LogP contribution in [0.25, 0.3) is 0 Å². The van der Waals surface area contributed by atoms with E-state index >= 15 is 0 Å². The minimum Gasteiger partial charge on any atom is -0.466 e. The van der Waals surface area contributed by atoms with Crippen LogP contribution < -0.4 is 4.90 Å². The van der Waals surface area contributed by atoms with Gasteiger partial charge in [0.25, 0.3) is 0 Å². The Hall–Kier alpha value is -2.14. The second-order valence-electron chi connectivity index (χ2n) is 5.91. The molecule has 0 radical (unpaired) electrons. The third-order valence-corrected chi connectivity index (χ3v) is 4.73. The van der Waals surface area contributed by atoms with Gasteiger partial charge in [-0.25, -0.2) is 0 Å². The van der Waals surface area contributed by atoms with E-state index in [0.717, 1.165) is 5.69 Å². The van der Waals surface area contributed by atoms with E-state index in [1.165, 1.54) is 0 Å². The maximum absolute atomic E-state index is 12.9. The summed E-state index contributed by atoms with van der Waals surface area (Å²) in [4.78, 5) is 26.9. The maximum atomic E-state index is 12.9. The van der Waals surface area contributed by atoms with Gasteiger partial charge in [0.15, 0.2) is 0 Å². The van der Waals surface area contributed by atoms with Crippen LogP contribution in [0.4, 0.5) is 5.69 Å². The van der Waals surface area contributed by atoms with Gasteiger partial charge in [-0.2, -0.15) is 0 Å². The van der Waals surface area contributed by atoms with Crippen LogP contribution in [0.3, 0.4) is 0 Å². The van der Waals surface area contributed by atoms with Crippen molar-refractivity contribution in [2.24, 2.45) is 11.8 Å². The van der Waals surface area contributed by atoms with Crippen molar-refractivity contribution in [2.75, 3.05) is 18.1 Å². The maximum Gasteiger partial charge on any atom is 0.312 e. The quantitative estimate of drug-likeness (QED) is 0.627. The zero-order chi connectivity index (χ0) is 15.3. The zero-order valence-corrected chi connectivity index (χ0v) is 12.3. The van der Waals surface area contributed by atoms with Crippen LogP contribution in [0.2, 0.25) is 0 Å². The number of para-hydroxylation sites is 1. The van der Waals surface area contributed by atoms with Crippen LogP contribution in [0.15, 0.2) is 42.5 Å². The molecule has 0 unspecified atom stereocenters.